The molecular formula is C19H16ClF4NO2. The van der Waals surface area contributed by atoms with Crippen LogP contribution in [0, 0.1) is 5.82 Å². The Morgan fingerprint density at radius 3 is 2.52 bits per heavy atom. The van der Waals surface area contributed by atoms with Crippen molar-refractivity contribution in [2.24, 2.45) is 0 Å². The van der Waals surface area contributed by atoms with Gasteiger partial charge in [0.25, 0.3) is 0 Å². The zero-order valence-electron chi connectivity index (χ0n) is 14.0. The number of carbonyl (C=O) groups is 1. The maximum atomic E-state index is 13.8. The third-order valence-corrected chi connectivity index (χ3v) is 5.02. The van der Waals surface area contributed by atoms with Gasteiger partial charge >= 0.3 is 12.1 Å². The first-order valence-corrected chi connectivity index (χ1v) is 8.67. The van der Waals surface area contributed by atoms with E-state index in [1.165, 1.54) is 24.3 Å². The second kappa shape index (κ2) is 7.48. The predicted molar refractivity (Wildman–Crippen MR) is 92.1 cm³/mol. The molecule has 3 nitrogen and oxygen atoms in total. The van der Waals surface area contributed by atoms with Gasteiger partial charge in [-0.05, 0) is 48.2 Å². The molecule has 0 saturated carbocycles. The molecule has 0 aromatic heterocycles. The Bertz CT molecular complexity index is 856. The first-order valence-electron chi connectivity index (χ1n) is 8.29. The summed E-state index contributed by atoms with van der Waals surface area (Å²) in [6, 6.07) is 7.24. The molecule has 144 valence electrons. The van der Waals surface area contributed by atoms with E-state index in [1.807, 2.05) is 0 Å². The van der Waals surface area contributed by atoms with Gasteiger partial charge in [0.15, 0.2) is 0 Å². The van der Waals surface area contributed by atoms with Gasteiger partial charge in [0, 0.05) is 6.54 Å². The summed E-state index contributed by atoms with van der Waals surface area (Å²) >= 11 is 5.71. The van der Waals surface area contributed by atoms with Crippen LogP contribution < -0.4 is 0 Å². The maximum absolute atomic E-state index is 13.8. The molecule has 0 radical (unpaired) electrons. The van der Waals surface area contributed by atoms with Crippen molar-refractivity contribution in [1.29, 1.82) is 0 Å². The minimum atomic E-state index is -4.66. The van der Waals surface area contributed by atoms with E-state index in [0.717, 1.165) is 12.1 Å². The predicted octanol–water partition coefficient (Wildman–Crippen LogP) is 5.14. The topological polar surface area (TPSA) is 40.5 Å². The highest BCUT2D eigenvalue weighted by atomic mass is 35.5. The van der Waals surface area contributed by atoms with Gasteiger partial charge in [0.2, 0.25) is 0 Å². The fourth-order valence-electron chi connectivity index (χ4n) is 3.55. The Morgan fingerprint density at radius 2 is 1.89 bits per heavy atom. The Balaban J connectivity index is 2.15. The minimum Gasteiger partial charge on any atom is -0.480 e. The first-order chi connectivity index (χ1) is 12.7. The van der Waals surface area contributed by atoms with E-state index in [-0.39, 0.29) is 5.56 Å². The molecule has 3 rings (SSSR count). The molecule has 1 aliphatic heterocycles. The average molecular weight is 402 g/mol. The normalized spacial score (nSPS) is 19.2. The summed E-state index contributed by atoms with van der Waals surface area (Å²) in [5.41, 5.74) is -0.404. The van der Waals surface area contributed by atoms with E-state index in [1.54, 1.807) is 11.0 Å². The van der Waals surface area contributed by atoms with Gasteiger partial charge < -0.3 is 5.11 Å². The highest BCUT2D eigenvalue weighted by molar-refractivity contribution is 6.31. The number of aliphatic carboxylic acids is 1. The molecule has 27 heavy (non-hydrogen) atoms. The summed E-state index contributed by atoms with van der Waals surface area (Å²) in [6.45, 7) is 0.377. The van der Waals surface area contributed by atoms with Crippen LogP contribution in [0.15, 0.2) is 42.5 Å². The maximum Gasteiger partial charge on any atom is 0.417 e. The van der Waals surface area contributed by atoms with Crippen LogP contribution in [0.5, 0.6) is 0 Å². The smallest absolute Gasteiger partial charge is 0.417 e. The van der Waals surface area contributed by atoms with Crippen molar-refractivity contribution < 1.29 is 27.5 Å². The van der Waals surface area contributed by atoms with Crippen LogP contribution in [0.4, 0.5) is 17.6 Å². The van der Waals surface area contributed by atoms with E-state index in [4.69, 9.17) is 11.6 Å². The van der Waals surface area contributed by atoms with E-state index < -0.39 is 40.6 Å². The summed E-state index contributed by atoms with van der Waals surface area (Å²) in [7, 11) is 0. The molecule has 2 aromatic rings. The molecule has 2 unspecified atom stereocenters. The summed E-state index contributed by atoms with van der Waals surface area (Å²) in [5, 5.41) is 9.05. The zero-order valence-corrected chi connectivity index (χ0v) is 14.8. The SMILES string of the molecule is O=C(O)C1CCCN1C(c1cccc(F)c1)c1ccc(Cl)c(C(F)(F)F)c1. The number of benzene rings is 2. The van der Waals surface area contributed by atoms with E-state index in [9.17, 15) is 27.5 Å². The van der Waals surface area contributed by atoms with Gasteiger partial charge in [0.05, 0.1) is 16.6 Å². The lowest BCUT2D eigenvalue weighted by Crippen LogP contribution is -2.39. The molecule has 1 heterocycles. The number of carboxylic acids is 1. The fourth-order valence-corrected chi connectivity index (χ4v) is 3.77. The molecule has 1 fully saturated rings. The van der Waals surface area contributed by atoms with Crippen LogP contribution >= 0.6 is 11.6 Å². The van der Waals surface area contributed by atoms with Crippen LogP contribution in [0.2, 0.25) is 5.02 Å². The van der Waals surface area contributed by atoms with Crippen molar-refractivity contribution in [2.45, 2.75) is 31.1 Å². The van der Waals surface area contributed by atoms with Gasteiger partial charge in [-0.1, -0.05) is 29.8 Å². The van der Waals surface area contributed by atoms with Gasteiger partial charge in [-0.2, -0.15) is 13.2 Å². The lowest BCUT2D eigenvalue weighted by Gasteiger charge is -2.32. The summed E-state index contributed by atoms with van der Waals surface area (Å²) < 4.78 is 53.6. The molecule has 1 saturated heterocycles. The zero-order chi connectivity index (χ0) is 19.8. The van der Waals surface area contributed by atoms with Gasteiger partial charge in [0.1, 0.15) is 11.9 Å². The van der Waals surface area contributed by atoms with Crippen molar-refractivity contribution in [3.05, 3.63) is 70.0 Å². The monoisotopic (exact) mass is 401 g/mol. The standard InChI is InChI=1S/C19H16ClF4NO2/c20-15-7-6-12(10-14(15)19(22,23)24)17(11-3-1-4-13(21)9-11)25-8-2-5-16(25)18(26)27/h1,3-4,6-7,9-10,16-17H,2,5,8H2,(H,26,27). The number of halogens is 5. The van der Waals surface area contributed by atoms with Crippen LogP contribution in [-0.4, -0.2) is 28.6 Å². The van der Waals surface area contributed by atoms with Crippen molar-refractivity contribution in [3.63, 3.8) is 0 Å². The first kappa shape index (κ1) is 19.6. The molecule has 0 bridgehead atoms. The summed E-state index contributed by atoms with van der Waals surface area (Å²) in [4.78, 5) is 13.2. The van der Waals surface area contributed by atoms with Crippen molar-refractivity contribution in [1.82, 2.24) is 4.90 Å². The Kier molecular flexibility index (Phi) is 5.44. The van der Waals surface area contributed by atoms with Crippen LogP contribution in [0.25, 0.3) is 0 Å². The number of rotatable bonds is 4. The quantitative estimate of drug-likeness (QED) is 0.721. The highest BCUT2D eigenvalue weighted by Crippen LogP contribution is 2.40. The molecule has 0 aliphatic carbocycles. The Hall–Kier alpha value is -2.12. The summed E-state index contributed by atoms with van der Waals surface area (Å²) in [6.07, 6.45) is -3.69. The number of carboxylic acid groups (broad SMARTS) is 1. The summed E-state index contributed by atoms with van der Waals surface area (Å²) in [5.74, 6) is -1.60. The minimum absolute atomic E-state index is 0.213. The molecule has 1 N–H and O–H groups in total. The number of hydrogen-bond donors (Lipinski definition) is 1. The van der Waals surface area contributed by atoms with Crippen LogP contribution in [-0.2, 0) is 11.0 Å². The van der Waals surface area contributed by atoms with Gasteiger partial charge in [-0.25, -0.2) is 4.39 Å². The molecule has 8 heteroatoms. The average Bonchev–Trinajstić information content (AvgIpc) is 3.05. The van der Waals surface area contributed by atoms with E-state index in [0.29, 0.717) is 24.9 Å². The highest BCUT2D eigenvalue weighted by Gasteiger charge is 2.39. The lowest BCUT2D eigenvalue weighted by atomic mass is 9.94. The number of hydrogen-bond acceptors (Lipinski definition) is 2. The van der Waals surface area contributed by atoms with Crippen molar-refractivity contribution in [3.8, 4) is 0 Å². The van der Waals surface area contributed by atoms with Crippen LogP contribution in [0.1, 0.15) is 35.6 Å². The van der Waals surface area contributed by atoms with E-state index in [2.05, 4.69) is 0 Å². The molecule has 0 spiro atoms. The van der Waals surface area contributed by atoms with Crippen LogP contribution in [0.3, 0.4) is 0 Å². The fraction of sp³-hybridized carbons (Fsp3) is 0.316. The van der Waals surface area contributed by atoms with Crippen molar-refractivity contribution >= 4 is 17.6 Å². The lowest BCUT2D eigenvalue weighted by molar-refractivity contribution is -0.143. The van der Waals surface area contributed by atoms with Gasteiger partial charge in [-0.15, -0.1) is 0 Å². The Morgan fingerprint density at radius 1 is 1.19 bits per heavy atom. The second-order valence-electron chi connectivity index (χ2n) is 6.43. The Labute approximate surface area is 158 Å². The second-order valence-corrected chi connectivity index (χ2v) is 6.84. The largest absolute Gasteiger partial charge is 0.480 e. The molecular weight excluding hydrogens is 386 g/mol. The third kappa shape index (κ3) is 4.09. The molecule has 0 amide bonds. The molecule has 2 atom stereocenters. The van der Waals surface area contributed by atoms with Gasteiger partial charge in [-0.3, -0.25) is 9.69 Å². The van der Waals surface area contributed by atoms with E-state index >= 15 is 0 Å². The van der Waals surface area contributed by atoms with Crippen molar-refractivity contribution in [2.75, 3.05) is 6.54 Å². The number of nitrogens with zero attached hydrogens (tertiary/aromatic N) is 1. The molecule has 2 aromatic carbocycles. The number of likely N-dealkylation sites (tertiary alicyclic amines) is 1. The third-order valence-electron chi connectivity index (χ3n) is 4.69. The molecule has 1 aliphatic rings. The number of alkyl halides is 3.